The standard InChI is InChI=1S/C19H20N2O4S/c22-18(12-14-26(24,25)17-5-2-1-3-6-17)20-15-8-10-16(11-9-15)21-13-4-7-19(21)23/h1-3,5-6,8-11H,4,7,12-14H2,(H,20,22). The van der Waals surface area contributed by atoms with Crippen molar-refractivity contribution >= 4 is 33.0 Å². The zero-order valence-corrected chi connectivity index (χ0v) is 15.0. The van der Waals surface area contributed by atoms with E-state index in [0.717, 1.165) is 12.1 Å². The summed E-state index contributed by atoms with van der Waals surface area (Å²) in [5.41, 5.74) is 1.37. The van der Waals surface area contributed by atoms with Crippen molar-refractivity contribution in [2.45, 2.75) is 24.2 Å². The Morgan fingerprint density at radius 1 is 1.04 bits per heavy atom. The second-order valence-corrected chi connectivity index (χ2v) is 8.24. The Balaban J connectivity index is 1.56. The summed E-state index contributed by atoms with van der Waals surface area (Å²) in [6.07, 6.45) is 1.30. The minimum absolute atomic E-state index is 0.105. The van der Waals surface area contributed by atoms with E-state index in [1.807, 2.05) is 0 Å². The van der Waals surface area contributed by atoms with Gasteiger partial charge in [-0.25, -0.2) is 8.42 Å². The van der Waals surface area contributed by atoms with Crippen LogP contribution in [0.1, 0.15) is 19.3 Å². The van der Waals surface area contributed by atoms with Crippen LogP contribution in [-0.4, -0.2) is 32.5 Å². The summed E-state index contributed by atoms with van der Waals surface area (Å²) < 4.78 is 24.4. The fourth-order valence-electron chi connectivity index (χ4n) is 2.84. The minimum atomic E-state index is -3.48. The van der Waals surface area contributed by atoms with Gasteiger partial charge in [0.2, 0.25) is 11.8 Å². The molecule has 0 atom stereocenters. The first-order valence-corrected chi connectivity index (χ1v) is 10.1. The lowest BCUT2D eigenvalue weighted by atomic mass is 10.2. The maximum Gasteiger partial charge on any atom is 0.227 e. The van der Waals surface area contributed by atoms with Crippen molar-refractivity contribution in [2.24, 2.45) is 0 Å². The van der Waals surface area contributed by atoms with Crippen LogP contribution in [0.25, 0.3) is 0 Å². The highest BCUT2D eigenvalue weighted by Crippen LogP contribution is 2.23. The molecule has 0 aromatic heterocycles. The van der Waals surface area contributed by atoms with E-state index in [4.69, 9.17) is 0 Å². The molecule has 1 N–H and O–H groups in total. The monoisotopic (exact) mass is 372 g/mol. The first kappa shape index (κ1) is 18.1. The largest absolute Gasteiger partial charge is 0.326 e. The number of hydrogen-bond acceptors (Lipinski definition) is 4. The Labute approximate surface area is 152 Å². The van der Waals surface area contributed by atoms with Crippen LogP contribution >= 0.6 is 0 Å². The number of carbonyl (C=O) groups excluding carboxylic acids is 2. The SMILES string of the molecule is O=C(CCS(=O)(=O)c1ccccc1)Nc1ccc(N2CCCC2=O)cc1. The molecule has 1 heterocycles. The van der Waals surface area contributed by atoms with Gasteiger partial charge in [-0.1, -0.05) is 18.2 Å². The van der Waals surface area contributed by atoms with E-state index in [2.05, 4.69) is 5.32 Å². The molecule has 3 rings (SSSR count). The lowest BCUT2D eigenvalue weighted by Crippen LogP contribution is -2.23. The fourth-order valence-corrected chi connectivity index (χ4v) is 4.10. The molecule has 0 unspecified atom stereocenters. The van der Waals surface area contributed by atoms with Crippen LogP contribution in [0.15, 0.2) is 59.5 Å². The van der Waals surface area contributed by atoms with E-state index < -0.39 is 9.84 Å². The quantitative estimate of drug-likeness (QED) is 0.845. The summed E-state index contributed by atoms with van der Waals surface area (Å²) >= 11 is 0. The Bertz CT molecular complexity index is 893. The van der Waals surface area contributed by atoms with Crippen molar-refractivity contribution in [3.05, 3.63) is 54.6 Å². The predicted octanol–water partition coefficient (Wildman–Crippen LogP) is 2.62. The Morgan fingerprint density at radius 3 is 2.35 bits per heavy atom. The second kappa shape index (κ2) is 7.70. The molecule has 0 saturated carbocycles. The van der Waals surface area contributed by atoms with Crippen LogP contribution in [0, 0.1) is 0 Å². The number of sulfone groups is 1. The van der Waals surface area contributed by atoms with E-state index in [9.17, 15) is 18.0 Å². The molecule has 0 aliphatic carbocycles. The molecule has 1 aliphatic heterocycles. The van der Waals surface area contributed by atoms with Crippen molar-refractivity contribution in [3.63, 3.8) is 0 Å². The Morgan fingerprint density at radius 2 is 1.73 bits per heavy atom. The van der Waals surface area contributed by atoms with Crippen LogP contribution in [-0.2, 0) is 19.4 Å². The van der Waals surface area contributed by atoms with Crippen LogP contribution in [0.2, 0.25) is 0 Å². The van der Waals surface area contributed by atoms with Gasteiger partial charge in [0.15, 0.2) is 9.84 Å². The van der Waals surface area contributed by atoms with Crippen molar-refractivity contribution in [1.82, 2.24) is 0 Å². The Kier molecular flexibility index (Phi) is 5.37. The molecule has 1 fully saturated rings. The van der Waals surface area contributed by atoms with Crippen molar-refractivity contribution in [1.29, 1.82) is 0 Å². The highest BCUT2D eigenvalue weighted by atomic mass is 32.2. The first-order valence-electron chi connectivity index (χ1n) is 8.44. The summed E-state index contributed by atoms with van der Waals surface area (Å²) in [7, 11) is -3.48. The third kappa shape index (κ3) is 4.29. The highest BCUT2D eigenvalue weighted by molar-refractivity contribution is 7.91. The molecule has 6 nitrogen and oxygen atoms in total. The number of amides is 2. The number of anilines is 2. The van der Waals surface area contributed by atoms with Crippen molar-refractivity contribution < 1.29 is 18.0 Å². The van der Waals surface area contributed by atoms with Crippen molar-refractivity contribution in [3.8, 4) is 0 Å². The average molecular weight is 372 g/mol. The first-order chi connectivity index (χ1) is 12.5. The van der Waals surface area contributed by atoms with Crippen LogP contribution in [0.5, 0.6) is 0 Å². The molecule has 2 aromatic carbocycles. The number of nitrogens with zero attached hydrogens (tertiary/aromatic N) is 1. The molecule has 136 valence electrons. The summed E-state index contributed by atoms with van der Waals surface area (Å²) in [6, 6.07) is 15.1. The molecule has 0 bridgehead atoms. The second-order valence-electron chi connectivity index (χ2n) is 6.13. The summed E-state index contributed by atoms with van der Waals surface area (Å²) in [4.78, 5) is 25.7. The molecule has 2 aromatic rings. The summed E-state index contributed by atoms with van der Waals surface area (Å²) in [6.45, 7) is 0.710. The van der Waals surface area contributed by atoms with Gasteiger partial charge in [0, 0.05) is 30.8 Å². The van der Waals surface area contributed by atoms with Gasteiger partial charge in [-0.05, 0) is 42.8 Å². The Hall–Kier alpha value is -2.67. The summed E-state index contributed by atoms with van der Waals surface area (Å²) in [5.74, 6) is -0.508. The van der Waals surface area contributed by atoms with E-state index in [1.54, 1.807) is 47.4 Å². The fraction of sp³-hybridized carbons (Fsp3) is 0.263. The third-order valence-corrected chi connectivity index (χ3v) is 5.97. The lowest BCUT2D eigenvalue weighted by molar-refractivity contribution is -0.117. The topological polar surface area (TPSA) is 83.6 Å². The molecular weight excluding hydrogens is 352 g/mol. The van der Waals surface area contributed by atoms with Gasteiger partial charge in [-0.3, -0.25) is 9.59 Å². The summed E-state index contributed by atoms with van der Waals surface area (Å²) in [5, 5.41) is 2.69. The van der Waals surface area contributed by atoms with Gasteiger partial charge in [0.1, 0.15) is 0 Å². The third-order valence-electron chi connectivity index (χ3n) is 4.24. The molecule has 26 heavy (non-hydrogen) atoms. The lowest BCUT2D eigenvalue weighted by Gasteiger charge is -2.16. The molecular formula is C19H20N2O4S. The van der Waals surface area contributed by atoms with Gasteiger partial charge in [0.05, 0.1) is 10.6 Å². The van der Waals surface area contributed by atoms with E-state index in [0.29, 0.717) is 18.7 Å². The molecule has 2 amide bonds. The number of hydrogen-bond donors (Lipinski definition) is 1. The molecule has 1 saturated heterocycles. The molecule has 0 radical (unpaired) electrons. The highest BCUT2D eigenvalue weighted by Gasteiger charge is 2.21. The molecule has 7 heteroatoms. The van der Waals surface area contributed by atoms with Gasteiger partial charge < -0.3 is 10.2 Å². The average Bonchev–Trinajstić information content (AvgIpc) is 3.07. The smallest absolute Gasteiger partial charge is 0.227 e. The van der Waals surface area contributed by atoms with Crippen molar-refractivity contribution in [2.75, 3.05) is 22.5 Å². The zero-order valence-electron chi connectivity index (χ0n) is 14.2. The van der Waals surface area contributed by atoms with E-state index in [-0.39, 0.29) is 28.9 Å². The number of nitrogens with one attached hydrogen (secondary N) is 1. The number of benzene rings is 2. The van der Waals surface area contributed by atoms with Crippen LogP contribution in [0.3, 0.4) is 0 Å². The molecule has 1 aliphatic rings. The molecule has 0 spiro atoms. The van der Waals surface area contributed by atoms with Gasteiger partial charge in [0.25, 0.3) is 0 Å². The number of carbonyl (C=O) groups is 2. The maximum absolute atomic E-state index is 12.2. The maximum atomic E-state index is 12.2. The number of rotatable bonds is 6. The van der Waals surface area contributed by atoms with E-state index >= 15 is 0 Å². The van der Waals surface area contributed by atoms with E-state index in [1.165, 1.54) is 12.1 Å². The van der Waals surface area contributed by atoms with Crippen LogP contribution in [0.4, 0.5) is 11.4 Å². The predicted molar refractivity (Wildman–Crippen MR) is 99.8 cm³/mol. The minimum Gasteiger partial charge on any atom is -0.326 e. The normalized spacial score (nSPS) is 14.5. The van der Waals surface area contributed by atoms with Gasteiger partial charge in [-0.2, -0.15) is 0 Å². The van der Waals surface area contributed by atoms with Crippen LogP contribution < -0.4 is 10.2 Å². The van der Waals surface area contributed by atoms with Gasteiger partial charge in [-0.15, -0.1) is 0 Å². The zero-order chi connectivity index (χ0) is 18.6. The van der Waals surface area contributed by atoms with Gasteiger partial charge >= 0.3 is 0 Å².